The summed E-state index contributed by atoms with van der Waals surface area (Å²) in [6.45, 7) is 5.50. The van der Waals surface area contributed by atoms with Crippen LogP contribution in [-0.4, -0.2) is 126 Å². The number of hydrogen-bond acceptors (Lipinski definition) is 9. The molecule has 174 valence electrons. The third-order valence-corrected chi connectivity index (χ3v) is 6.78. The van der Waals surface area contributed by atoms with Gasteiger partial charge in [-0.15, -0.1) is 0 Å². The predicted molar refractivity (Wildman–Crippen MR) is 110 cm³/mol. The van der Waals surface area contributed by atoms with Gasteiger partial charge in [-0.25, -0.2) is 0 Å². The summed E-state index contributed by atoms with van der Waals surface area (Å²) < 4.78 is 17.9. The van der Waals surface area contributed by atoms with Gasteiger partial charge in [-0.2, -0.15) is 0 Å². The molecular formula is C21H39N3O6. The smallest absolute Gasteiger partial charge is 0.0811 e. The van der Waals surface area contributed by atoms with E-state index in [1.807, 2.05) is 0 Å². The van der Waals surface area contributed by atoms with Crippen LogP contribution in [-0.2, 0) is 14.2 Å². The summed E-state index contributed by atoms with van der Waals surface area (Å²) >= 11 is 0. The van der Waals surface area contributed by atoms with E-state index in [4.69, 9.17) is 14.2 Å². The highest BCUT2D eigenvalue weighted by molar-refractivity contribution is 4.83. The highest BCUT2D eigenvalue weighted by atomic mass is 16.5. The number of hydrogen-bond donors (Lipinski definition) is 3. The summed E-state index contributed by atoms with van der Waals surface area (Å²) in [7, 11) is 0. The molecule has 4 rings (SSSR count). The first kappa shape index (κ1) is 22.8. The second kappa shape index (κ2) is 11.0. The molecule has 6 unspecified atom stereocenters. The Labute approximate surface area is 179 Å². The highest BCUT2D eigenvalue weighted by Gasteiger charge is 2.34. The van der Waals surface area contributed by atoms with Crippen LogP contribution in [0.2, 0.25) is 0 Å². The second-order valence-corrected chi connectivity index (χ2v) is 9.40. The van der Waals surface area contributed by atoms with Crippen LogP contribution in [0.3, 0.4) is 0 Å². The Morgan fingerprint density at radius 3 is 0.967 bits per heavy atom. The van der Waals surface area contributed by atoms with Crippen molar-refractivity contribution in [1.29, 1.82) is 0 Å². The minimum atomic E-state index is -0.0170. The van der Waals surface area contributed by atoms with Gasteiger partial charge in [0.2, 0.25) is 0 Å². The molecule has 30 heavy (non-hydrogen) atoms. The first-order valence-electron chi connectivity index (χ1n) is 11.6. The van der Waals surface area contributed by atoms with E-state index in [0.29, 0.717) is 0 Å². The number of rotatable bonds is 9. The van der Waals surface area contributed by atoms with Crippen LogP contribution < -0.4 is 0 Å². The Kier molecular flexibility index (Phi) is 8.35. The van der Waals surface area contributed by atoms with Crippen molar-refractivity contribution in [3.8, 4) is 0 Å². The van der Waals surface area contributed by atoms with Crippen LogP contribution in [0, 0.1) is 0 Å². The van der Waals surface area contributed by atoms with Crippen LogP contribution in [0.25, 0.3) is 0 Å². The van der Waals surface area contributed by atoms with E-state index in [1.165, 1.54) is 0 Å². The molecule has 4 heterocycles. The second-order valence-electron chi connectivity index (χ2n) is 9.40. The lowest BCUT2D eigenvalue weighted by molar-refractivity contribution is -0.0927. The summed E-state index contributed by atoms with van der Waals surface area (Å²) in [6.07, 6.45) is 6.24. The maximum absolute atomic E-state index is 9.36. The Morgan fingerprint density at radius 2 is 0.733 bits per heavy atom. The third-order valence-electron chi connectivity index (χ3n) is 6.78. The highest BCUT2D eigenvalue weighted by Crippen LogP contribution is 2.25. The van der Waals surface area contributed by atoms with Crippen molar-refractivity contribution in [2.45, 2.75) is 75.1 Å². The Bertz CT molecular complexity index is 452. The summed E-state index contributed by atoms with van der Waals surface area (Å²) in [6, 6.07) is 0. The normalized spacial score (nSPS) is 39.3. The van der Waals surface area contributed by atoms with E-state index >= 15 is 0 Å². The summed E-state index contributed by atoms with van der Waals surface area (Å²) in [5, 5.41) is 28.1. The molecule has 0 radical (unpaired) electrons. The molecule has 0 aromatic heterocycles. The van der Waals surface area contributed by atoms with Gasteiger partial charge in [0, 0.05) is 19.6 Å². The topological polar surface area (TPSA) is 98.1 Å². The molecule has 9 heteroatoms. The zero-order valence-electron chi connectivity index (χ0n) is 18.0. The van der Waals surface area contributed by atoms with Crippen molar-refractivity contribution in [3.63, 3.8) is 0 Å². The van der Waals surface area contributed by atoms with E-state index in [0.717, 1.165) is 78.2 Å². The van der Waals surface area contributed by atoms with Crippen molar-refractivity contribution in [1.82, 2.24) is 14.7 Å². The van der Waals surface area contributed by atoms with Gasteiger partial charge in [0.05, 0.1) is 76.5 Å². The van der Waals surface area contributed by atoms with Crippen LogP contribution in [0.15, 0.2) is 0 Å². The molecule has 0 aromatic carbocycles. The average molecular weight is 430 g/mol. The Morgan fingerprint density at radius 1 is 0.467 bits per heavy atom. The lowest BCUT2D eigenvalue weighted by atomic mass is 10.1. The molecule has 0 aliphatic carbocycles. The quantitative estimate of drug-likeness (QED) is 0.444. The maximum Gasteiger partial charge on any atom is 0.0811 e. The molecule has 6 atom stereocenters. The Hall–Kier alpha value is -0.360. The van der Waals surface area contributed by atoms with Crippen molar-refractivity contribution < 1.29 is 29.5 Å². The molecular weight excluding hydrogens is 390 g/mol. The number of aliphatic hydroxyl groups is 3. The molecule has 4 saturated heterocycles. The lowest BCUT2D eigenvalue weighted by Gasteiger charge is -2.44. The van der Waals surface area contributed by atoms with E-state index in [-0.39, 0.29) is 56.4 Å². The largest absolute Gasteiger partial charge is 0.394 e. The molecule has 4 fully saturated rings. The molecule has 0 saturated carbocycles. The van der Waals surface area contributed by atoms with Crippen LogP contribution in [0.5, 0.6) is 0 Å². The predicted octanol–water partition coefficient (Wildman–Crippen LogP) is -0.602. The van der Waals surface area contributed by atoms with Gasteiger partial charge < -0.3 is 29.5 Å². The van der Waals surface area contributed by atoms with E-state index in [1.54, 1.807) is 0 Å². The molecule has 3 N–H and O–H groups in total. The van der Waals surface area contributed by atoms with Gasteiger partial charge in [0.15, 0.2) is 0 Å². The van der Waals surface area contributed by atoms with Crippen molar-refractivity contribution in [2.75, 3.05) is 59.5 Å². The van der Waals surface area contributed by atoms with E-state index < -0.39 is 0 Å². The number of nitrogens with zero attached hydrogens (tertiary/aromatic N) is 3. The van der Waals surface area contributed by atoms with Crippen molar-refractivity contribution in [2.24, 2.45) is 0 Å². The fraction of sp³-hybridized carbons (Fsp3) is 1.00. The third kappa shape index (κ3) is 6.11. The number of aliphatic hydroxyl groups excluding tert-OH is 3. The maximum atomic E-state index is 9.36. The minimum Gasteiger partial charge on any atom is -0.394 e. The molecule has 9 nitrogen and oxygen atoms in total. The average Bonchev–Trinajstić information content (AvgIpc) is 3.49. The standard InChI is InChI=1S/C21H39N3O6/c25-10-19-4-1-16(28-19)7-22-13-23(8-17-2-5-20(11-26)29-17)15-24(14-22)9-18-3-6-21(12-27)30-18/h16-21,25-27H,1-15H2. The Balaban J connectivity index is 1.32. The van der Waals surface area contributed by atoms with Crippen LogP contribution in [0.1, 0.15) is 38.5 Å². The van der Waals surface area contributed by atoms with Crippen LogP contribution in [0.4, 0.5) is 0 Å². The molecule has 0 amide bonds. The minimum absolute atomic E-state index is 0.0170. The van der Waals surface area contributed by atoms with Gasteiger partial charge in [-0.1, -0.05) is 0 Å². The zero-order chi connectivity index (χ0) is 20.9. The first-order chi connectivity index (χ1) is 14.6. The first-order valence-corrected chi connectivity index (χ1v) is 11.6. The SMILES string of the molecule is OCC1CCC(CN2CN(CC3CCC(CO)O3)CN(CC3CCC(CO)O3)C2)O1. The van der Waals surface area contributed by atoms with Gasteiger partial charge in [-0.05, 0) is 38.5 Å². The van der Waals surface area contributed by atoms with Crippen LogP contribution >= 0.6 is 0 Å². The van der Waals surface area contributed by atoms with E-state index in [9.17, 15) is 15.3 Å². The summed E-state index contributed by atoms with van der Waals surface area (Å²) in [5.41, 5.74) is 0. The zero-order valence-corrected chi connectivity index (χ0v) is 18.0. The lowest BCUT2D eigenvalue weighted by Crippen LogP contribution is -2.58. The fourth-order valence-corrected chi connectivity index (χ4v) is 5.34. The number of ether oxygens (including phenoxy) is 3. The van der Waals surface area contributed by atoms with Gasteiger partial charge in [0.25, 0.3) is 0 Å². The molecule has 0 aromatic rings. The van der Waals surface area contributed by atoms with E-state index in [2.05, 4.69) is 14.7 Å². The summed E-state index contributed by atoms with van der Waals surface area (Å²) in [4.78, 5) is 7.26. The molecule has 4 aliphatic rings. The molecule has 0 spiro atoms. The summed E-state index contributed by atoms with van der Waals surface area (Å²) in [5.74, 6) is 0. The van der Waals surface area contributed by atoms with Crippen molar-refractivity contribution in [3.05, 3.63) is 0 Å². The van der Waals surface area contributed by atoms with Gasteiger partial charge in [-0.3, -0.25) is 14.7 Å². The van der Waals surface area contributed by atoms with Gasteiger partial charge >= 0.3 is 0 Å². The van der Waals surface area contributed by atoms with Crippen molar-refractivity contribution >= 4 is 0 Å². The van der Waals surface area contributed by atoms with Gasteiger partial charge in [0.1, 0.15) is 0 Å². The monoisotopic (exact) mass is 429 g/mol. The fourth-order valence-electron chi connectivity index (χ4n) is 5.34. The molecule has 4 aliphatic heterocycles. The molecule has 0 bridgehead atoms.